The van der Waals surface area contributed by atoms with Crippen LogP contribution in [0.25, 0.3) is 0 Å². The molecule has 2 amide bonds. The van der Waals surface area contributed by atoms with Gasteiger partial charge in [0.2, 0.25) is 6.54 Å². The van der Waals surface area contributed by atoms with E-state index >= 15 is 0 Å². The van der Waals surface area contributed by atoms with Crippen molar-refractivity contribution < 1.29 is 23.7 Å². The maximum absolute atomic E-state index is 12.5. The molecule has 0 fully saturated rings. The molecule has 1 aliphatic rings. The van der Waals surface area contributed by atoms with Gasteiger partial charge in [-0.2, -0.15) is 4.57 Å². The maximum atomic E-state index is 12.5. The van der Waals surface area contributed by atoms with E-state index in [2.05, 4.69) is 12.2 Å². The predicted octanol–water partition coefficient (Wildman–Crippen LogP) is 1.68. The molecule has 2 aromatic heterocycles. The van der Waals surface area contributed by atoms with Crippen molar-refractivity contribution in [1.82, 2.24) is 0 Å². The fourth-order valence-corrected chi connectivity index (χ4v) is 4.67. The average molecular weight is 388 g/mol. The standard InChI is InChI=1S/C19H21N3O4S/c1-11-5-6-13-14(8-11)27-18(16(13)19(25)26-2)21-15(23)10-22-7-3-4-12(9-22)17(20)24/h3-4,7,9,11H,5-6,8,10H2,1-2H3,(H2-,20,21,23,24,25)/p+1/t11-/m1/s1. The summed E-state index contributed by atoms with van der Waals surface area (Å²) in [5.41, 5.74) is 7.05. The predicted molar refractivity (Wildman–Crippen MR) is 101 cm³/mol. The van der Waals surface area contributed by atoms with Gasteiger partial charge in [0.15, 0.2) is 12.4 Å². The molecule has 3 rings (SSSR count). The number of aromatic nitrogens is 1. The Labute approximate surface area is 161 Å². The molecule has 0 saturated heterocycles. The highest BCUT2D eigenvalue weighted by atomic mass is 32.1. The van der Waals surface area contributed by atoms with Gasteiger partial charge in [0, 0.05) is 10.9 Å². The van der Waals surface area contributed by atoms with E-state index in [1.807, 2.05) is 0 Å². The van der Waals surface area contributed by atoms with Crippen molar-refractivity contribution in [2.75, 3.05) is 12.4 Å². The Kier molecular flexibility index (Phi) is 5.55. The van der Waals surface area contributed by atoms with Crippen molar-refractivity contribution in [2.24, 2.45) is 11.7 Å². The highest BCUT2D eigenvalue weighted by Crippen LogP contribution is 2.39. The van der Waals surface area contributed by atoms with Crippen molar-refractivity contribution >= 4 is 34.1 Å². The quantitative estimate of drug-likeness (QED) is 0.601. The first-order valence-electron chi connectivity index (χ1n) is 8.70. The number of primary amides is 1. The molecule has 3 N–H and O–H groups in total. The van der Waals surface area contributed by atoms with E-state index in [0.29, 0.717) is 22.0 Å². The molecule has 0 unspecified atom stereocenters. The molecule has 8 heteroatoms. The largest absolute Gasteiger partial charge is 0.465 e. The first-order valence-corrected chi connectivity index (χ1v) is 9.52. The van der Waals surface area contributed by atoms with Crippen LogP contribution in [0.15, 0.2) is 24.5 Å². The Morgan fingerprint density at radius 2 is 2.19 bits per heavy atom. The van der Waals surface area contributed by atoms with Crippen molar-refractivity contribution in [3.63, 3.8) is 0 Å². The zero-order chi connectivity index (χ0) is 19.6. The lowest BCUT2D eigenvalue weighted by molar-refractivity contribution is -0.684. The van der Waals surface area contributed by atoms with E-state index in [4.69, 9.17) is 10.5 Å². The number of carbonyl (C=O) groups excluding carboxylic acids is 3. The zero-order valence-electron chi connectivity index (χ0n) is 15.3. The van der Waals surface area contributed by atoms with Crippen molar-refractivity contribution in [2.45, 2.75) is 32.7 Å². The second-order valence-corrected chi connectivity index (χ2v) is 7.83. The molecular weight excluding hydrogens is 366 g/mol. The summed E-state index contributed by atoms with van der Waals surface area (Å²) in [4.78, 5) is 37.2. The second kappa shape index (κ2) is 7.87. The smallest absolute Gasteiger partial charge is 0.341 e. The van der Waals surface area contributed by atoms with Gasteiger partial charge in [-0.15, -0.1) is 11.3 Å². The Morgan fingerprint density at radius 1 is 1.41 bits per heavy atom. The molecule has 7 nitrogen and oxygen atoms in total. The number of pyridine rings is 1. The third-order valence-electron chi connectivity index (χ3n) is 4.62. The number of nitrogens with zero attached hydrogens (tertiary/aromatic N) is 1. The molecule has 142 valence electrons. The highest BCUT2D eigenvalue weighted by Gasteiger charge is 2.29. The van der Waals surface area contributed by atoms with Gasteiger partial charge in [0.25, 0.3) is 11.8 Å². The summed E-state index contributed by atoms with van der Waals surface area (Å²) in [5, 5.41) is 3.36. The van der Waals surface area contributed by atoms with E-state index in [-0.39, 0.29) is 12.5 Å². The van der Waals surface area contributed by atoms with E-state index in [1.54, 1.807) is 22.9 Å². The van der Waals surface area contributed by atoms with Crippen LogP contribution in [-0.2, 0) is 28.9 Å². The molecular formula is C19H22N3O4S+. The topological polar surface area (TPSA) is 102 Å². The fraction of sp³-hybridized carbons (Fsp3) is 0.368. The normalized spacial score (nSPS) is 15.7. The van der Waals surface area contributed by atoms with Crippen LogP contribution in [0.1, 0.15) is 44.5 Å². The summed E-state index contributed by atoms with van der Waals surface area (Å²) in [6, 6.07) is 3.24. The minimum Gasteiger partial charge on any atom is -0.465 e. The summed E-state index contributed by atoms with van der Waals surface area (Å²) in [6.45, 7) is 2.18. The first-order chi connectivity index (χ1) is 12.9. The number of nitrogens with one attached hydrogen (secondary N) is 1. The Balaban J connectivity index is 1.82. The van der Waals surface area contributed by atoms with Gasteiger partial charge in [-0.25, -0.2) is 4.79 Å². The lowest BCUT2D eigenvalue weighted by Gasteiger charge is -2.18. The number of esters is 1. The fourth-order valence-electron chi connectivity index (χ4n) is 3.25. The minimum atomic E-state index is -0.558. The molecule has 0 radical (unpaired) electrons. The van der Waals surface area contributed by atoms with Gasteiger partial charge in [-0.05, 0) is 36.8 Å². The van der Waals surface area contributed by atoms with Gasteiger partial charge < -0.3 is 15.8 Å². The van der Waals surface area contributed by atoms with Crippen molar-refractivity contribution in [3.05, 3.63) is 46.1 Å². The Morgan fingerprint density at radius 3 is 2.89 bits per heavy atom. The lowest BCUT2D eigenvalue weighted by atomic mass is 9.88. The molecule has 0 saturated carbocycles. The summed E-state index contributed by atoms with van der Waals surface area (Å²) in [7, 11) is 1.34. The third kappa shape index (κ3) is 4.16. The molecule has 1 atom stereocenters. The van der Waals surface area contributed by atoms with Crippen molar-refractivity contribution in [1.29, 1.82) is 0 Å². The number of anilines is 1. The number of thiophene rings is 1. The number of carbonyl (C=O) groups is 3. The number of ether oxygens (including phenoxy) is 1. The maximum Gasteiger partial charge on any atom is 0.341 e. The van der Waals surface area contributed by atoms with E-state index in [9.17, 15) is 14.4 Å². The number of nitrogens with two attached hydrogens (primary N) is 1. The number of methoxy groups -OCH3 is 1. The molecule has 0 bridgehead atoms. The van der Waals surface area contributed by atoms with Crippen molar-refractivity contribution in [3.8, 4) is 0 Å². The highest BCUT2D eigenvalue weighted by molar-refractivity contribution is 7.17. The van der Waals surface area contributed by atoms with Gasteiger partial charge >= 0.3 is 5.97 Å². The van der Waals surface area contributed by atoms with Crippen LogP contribution in [0.3, 0.4) is 0 Å². The number of hydrogen-bond acceptors (Lipinski definition) is 5. The molecule has 2 aromatic rings. The molecule has 0 aliphatic heterocycles. The Bertz CT molecular complexity index is 906. The van der Waals surface area contributed by atoms with Crippen LogP contribution < -0.4 is 15.6 Å². The van der Waals surface area contributed by atoms with Crippen LogP contribution >= 0.6 is 11.3 Å². The minimum absolute atomic E-state index is 0.000696. The molecule has 1 aliphatic carbocycles. The van der Waals surface area contributed by atoms with E-state index in [0.717, 1.165) is 29.7 Å². The molecule has 0 aromatic carbocycles. The summed E-state index contributed by atoms with van der Waals surface area (Å²) >= 11 is 1.44. The van der Waals surface area contributed by atoms with Gasteiger partial charge in [-0.3, -0.25) is 9.59 Å². The van der Waals surface area contributed by atoms with Gasteiger partial charge in [-0.1, -0.05) is 6.92 Å². The average Bonchev–Trinajstić information content (AvgIpc) is 2.97. The zero-order valence-corrected chi connectivity index (χ0v) is 16.1. The van der Waals surface area contributed by atoms with Crippen LogP contribution in [-0.4, -0.2) is 24.9 Å². The molecule has 2 heterocycles. The number of amides is 2. The van der Waals surface area contributed by atoms with Gasteiger partial charge in [0.05, 0.1) is 12.7 Å². The molecule has 0 spiro atoms. The SMILES string of the molecule is COC(=O)c1c(NC(=O)C[n+]2cccc(C(N)=O)c2)sc2c1CC[C@@H](C)C2. The summed E-state index contributed by atoms with van der Waals surface area (Å²) in [6.07, 6.45) is 5.91. The second-order valence-electron chi connectivity index (χ2n) is 6.72. The summed E-state index contributed by atoms with van der Waals surface area (Å²) in [5.74, 6) is -0.728. The van der Waals surface area contributed by atoms with Crippen LogP contribution in [0, 0.1) is 5.92 Å². The first kappa shape index (κ1) is 19.0. The third-order valence-corrected chi connectivity index (χ3v) is 5.79. The van der Waals surface area contributed by atoms with Gasteiger partial charge in [0.1, 0.15) is 10.6 Å². The molecule has 27 heavy (non-hydrogen) atoms. The summed E-state index contributed by atoms with van der Waals surface area (Å²) < 4.78 is 6.50. The van der Waals surface area contributed by atoms with Crippen LogP contribution in [0.5, 0.6) is 0 Å². The number of fused-ring (bicyclic) bond motifs is 1. The monoisotopic (exact) mass is 388 g/mol. The lowest BCUT2D eigenvalue weighted by Crippen LogP contribution is -2.40. The number of rotatable bonds is 5. The van der Waals surface area contributed by atoms with Crippen LogP contribution in [0.2, 0.25) is 0 Å². The number of hydrogen-bond donors (Lipinski definition) is 2. The van der Waals surface area contributed by atoms with E-state index < -0.39 is 11.9 Å². The Hall–Kier alpha value is -2.74. The van der Waals surface area contributed by atoms with E-state index in [1.165, 1.54) is 24.6 Å². The van der Waals surface area contributed by atoms with Crippen LogP contribution in [0.4, 0.5) is 5.00 Å².